The second kappa shape index (κ2) is 8.80. The average Bonchev–Trinajstić information content (AvgIpc) is 2.64. The molecule has 0 unspecified atom stereocenters. The maximum absolute atomic E-state index is 13.5. The molecule has 0 heterocycles. The van der Waals surface area contributed by atoms with Crippen molar-refractivity contribution in [2.45, 2.75) is 60.0 Å². The number of nitrogens with one attached hydrogen (secondary N) is 1. The predicted octanol–water partition coefficient (Wildman–Crippen LogP) is 6.38. The van der Waals surface area contributed by atoms with Gasteiger partial charge in [0.1, 0.15) is 0 Å². The summed E-state index contributed by atoms with van der Waals surface area (Å²) in [7, 11) is 0.707. The smallest absolute Gasteiger partial charge is 0.438 e. The molecule has 3 nitrogen and oxygen atoms in total. The molecular formula is C13H8F19NO2. The molecular weight excluding hydrogens is 563 g/mol. The third kappa shape index (κ3) is 4.59. The Kier molecular flexibility index (Phi) is 8.28. The molecule has 0 rings (SSSR count). The van der Waals surface area contributed by atoms with E-state index in [1.807, 2.05) is 0 Å². The largest absolute Gasteiger partial charge is 0.449 e. The van der Waals surface area contributed by atoms with Crippen molar-refractivity contribution in [3.8, 4) is 0 Å². The zero-order valence-corrected chi connectivity index (χ0v) is 15.9. The molecule has 0 aliphatic rings. The SMILES string of the molecule is CNC(=O)OCCC(F)(F)C(F)(F)C(F)(F)C(F)(F)C(F)(F)C(F)(F)C(F)(C(F)(F)F)C(F)(F)F. The monoisotopic (exact) mass is 571 g/mol. The lowest BCUT2D eigenvalue weighted by molar-refractivity contribution is -0.472. The van der Waals surface area contributed by atoms with Gasteiger partial charge >= 0.3 is 59.6 Å². The van der Waals surface area contributed by atoms with Crippen molar-refractivity contribution in [3.05, 3.63) is 0 Å². The van der Waals surface area contributed by atoms with Crippen molar-refractivity contribution >= 4 is 6.09 Å². The number of hydrogen-bond donors (Lipinski definition) is 1. The molecule has 0 atom stereocenters. The fourth-order valence-electron chi connectivity index (χ4n) is 2.06. The van der Waals surface area contributed by atoms with Gasteiger partial charge in [0.2, 0.25) is 0 Å². The van der Waals surface area contributed by atoms with Gasteiger partial charge in [0.25, 0.3) is 0 Å². The number of hydrogen-bond acceptors (Lipinski definition) is 2. The van der Waals surface area contributed by atoms with Gasteiger partial charge in [0, 0.05) is 7.05 Å². The van der Waals surface area contributed by atoms with E-state index in [0.29, 0.717) is 7.05 Å². The molecule has 0 aliphatic heterocycles. The van der Waals surface area contributed by atoms with Crippen molar-refractivity contribution in [2.24, 2.45) is 0 Å². The molecule has 0 saturated carbocycles. The maximum atomic E-state index is 13.5. The number of halogens is 19. The molecule has 35 heavy (non-hydrogen) atoms. The highest BCUT2D eigenvalue weighted by Gasteiger charge is 2.98. The number of rotatable bonds is 9. The summed E-state index contributed by atoms with van der Waals surface area (Å²) in [4.78, 5) is 10.6. The van der Waals surface area contributed by atoms with Crippen LogP contribution in [0.15, 0.2) is 0 Å². The van der Waals surface area contributed by atoms with Crippen LogP contribution in [0.1, 0.15) is 6.42 Å². The zero-order valence-electron chi connectivity index (χ0n) is 15.9. The van der Waals surface area contributed by atoms with Gasteiger partial charge in [-0.2, -0.15) is 79.0 Å². The van der Waals surface area contributed by atoms with Gasteiger partial charge in [-0.1, -0.05) is 0 Å². The van der Waals surface area contributed by atoms with Gasteiger partial charge in [-0.15, -0.1) is 0 Å². The molecule has 0 saturated heterocycles. The lowest BCUT2D eigenvalue weighted by Gasteiger charge is -2.45. The first-order valence-electron chi connectivity index (χ1n) is 7.89. The summed E-state index contributed by atoms with van der Waals surface area (Å²) in [5.41, 5.74) is -8.77. The zero-order chi connectivity index (χ0) is 28.9. The minimum atomic E-state index is -9.05. The molecule has 0 spiro atoms. The first kappa shape index (κ1) is 32.9. The Balaban J connectivity index is 6.76. The van der Waals surface area contributed by atoms with Crippen LogP contribution in [0.3, 0.4) is 0 Å². The molecule has 0 radical (unpaired) electrons. The van der Waals surface area contributed by atoms with Crippen LogP contribution >= 0.6 is 0 Å². The molecule has 0 aromatic rings. The Labute approximate surface area is 179 Å². The Bertz CT molecular complexity index is 754. The number of carbonyl (C=O) groups excluding carboxylic acids is 1. The highest BCUT2D eigenvalue weighted by molar-refractivity contribution is 5.66. The molecule has 0 fully saturated rings. The summed E-state index contributed by atoms with van der Waals surface area (Å²) in [6, 6.07) is 0. The molecule has 0 bridgehead atoms. The van der Waals surface area contributed by atoms with Crippen molar-refractivity contribution in [3.63, 3.8) is 0 Å². The highest BCUT2D eigenvalue weighted by Crippen LogP contribution is 2.66. The first-order chi connectivity index (χ1) is 15.0. The molecule has 1 N–H and O–H groups in total. The summed E-state index contributed by atoms with van der Waals surface area (Å²) < 4.78 is 253. The molecule has 210 valence electrons. The summed E-state index contributed by atoms with van der Waals surface area (Å²) in [5.74, 6) is -50.3. The highest BCUT2D eigenvalue weighted by atomic mass is 19.4. The van der Waals surface area contributed by atoms with E-state index < -0.39 is 72.7 Å². The maximum Gasteiger partial charge on any atom is 0.438 e. The third-order valence-electron chi connectivity index (χ3n) is 4.10. The van der Waals surface area contributed by atoms with E-state index in [-0.39, 0.29) is 0 Å². The summed E-state index contributed by atoms with van der Waals surface area (Å²) in [5, 5.41) is 1.46. The minimum Gasteiger partial charge on any atom is -0.449 e. The molecule has 22 heteroatoms. The van der Waals surface area contributed by atoms with Crippen LogP contribution in [-0.4, -0.2) is 73.3 Å². The summed E-state index contributed by atoms with van der Waals surface area (Å²) >= 11 is 0. The van der Waals surface area contributed by atoms with Crippen LogP contribution in [0.25, 0.3) is 0 Å². The lowest BCUT2D eigenvalue weighted by atomic mass is 9.83. The number of carbonyl (C=O) groups is 1. The van der Waals surface area contributed by atoms with Crippen molar-refractivity contribution in [2.75, 3.05) is 13.7 Å². The molecule has 0 aromatic heterocycles. The van der Waals surface area contributed by atoms with Crippen LogP contribution < -0.4 is 5.32 Å². The van der Waals surface area contributed by atoms with Crippen LogP contribution in [-0.2, 0) is 4.74 Å². The van der Waals surface area contributed by atoms with E-state index in [1.54, 1.807) is 0 Å². The first-order valence-corrected chi connectivity index (χ1v) is 7.89. The van der Waals surface area contributed by atoms with Crippen LogP contribution in [0.2, 0.25) is 0 Å². The van der Waals surface area contributed by atoms with Gasteiger partial charge in [-0.25, -0.2) is 9.18 Å². The van der Waals surface area contributed by atoms with E-state index in [1.165, 1.54) is 5.32 Å². The fourth-order valence-corrected chi connectivity index (χ4v) is 2.06. The number of ether oxygens (including phenoxy) is 1. The topological polar surface area (TPSA) is 38.3 Å². The normalized spacial score (nSPS) is 15.8. The van der Waals surface area contributed by atoms with E-state index in [9.17, 15) is 88.2 Å². The molecule has 0 aliphatic carbocycles. The van der Waals surface area contributed by atoms with Crippen LogP contribution in [0.4, 0.5) is 88.2 Å². The fraction of sp³-hybridized carbons (Fsp3) is 0.923. The van der Waals surface area contributed by atoms with E-state index >= 15 is 0 Å². The number of alkyl halides is 19. The predicted molar refractivity (Wildman–Crippen MR) is 70.7 cm³/mol. The molecule has 1 amide bonds. The van der Waals surface area contributed by atoms with Gasteiger partial charge < -0.3 is 10.1 Å². The minimum absolute atomic E-state index is 0.707. The van der Waals surface area contributed by atoms with Crippen molar-refractivity contribution in [1.82, 2.24) is 5.32 Å². The van der Waals surface area contributed by atoms with E-state index in [4.69, 9.17) is 0 Å². The average molecular weight is 571 g/mol. The van der Waals surface area contributed by atoms with Crippen molar-refractivity contribution < 1.29 is 92.9 Å². The Morgan fingerprint density at radius 3 is 1.20 bits per heavy atom. The second-order valence-electron chi connectivity index (χ2n) is 6.37. The Hall–Kier alpha value is -2.06. The van der Waals surface area contributed by atoms with Crippen LogP contribution in [0.5, 0.6) is 0 Å². The standard InChI is InChI=1S/C13H8F19NO2/c1-33-4(34)35-3-2-5(14,15)7(17,18)9(21,22)11(25,26)10(23,24)8(19,20)6(16,12(27,28)29)13(30,31)32/h2-3H2,1H3,(H,33,34). The van der Waals surface area contributed by atoms with Gasteiger partial charge in [0.15, 0.2) is 0 Å². The number of alkyl carbamates (subject to hydrolysis) is 1. The van der Waals surface area contributed by atoms with Gasteiger partial charge in [-0.05, 0) is 0 Å². The van der Waals surface area contributed by atoms with Crippen LogP contribution in [0, 0.1) is 0 Å². The summed E-state index contributed by atoms with van der Waals surface area (Å²) in [6.07, 6.45) is -21.3. The Morgan fingerprint density at radius 2 is 0.886 bits per heavy atom. The molecule has 0 aromatic carbocycles. The third-order valence-corrected chi connectivity index (χ3v) is 4.10. The van der Waals surface area contributed by atoms with Gasteiger partial charge in [0.05, 0.1) is 13.0 Å². The van der Waals surface area contributed by atoms with Gasteiger partial charge in [-0.3, -0.25) is 0 Å². The quantitative estimate of drug-likeness (QED) is 0.327. The Morgan fingerprint density at radius 1 is 0.571 bits per heavy atom. The summed E-state index contributed by atoms with van der Waals surface area (Å²) in [6.45, 7) is -2.08. The second-order valence-corrected chi connectivity index (χ2v) is 6.37. The lowest BCUT2D eigenvalue weighted by Crippen LogP contribution is -2.77. The number of amides is 1. The van der Waals surface area contributed by atoms with Crippen molar-refractivity contribution in [1.29, 1.82) is 0 Å². The van der Waals surface area contributed by atoms with E-state index in [0.717, 1.165) is 0 Å². The van der Waals surface area contributed by atoms with E-state index in [2.05, 4.69) is 4.74 Å².